The molecule has 2 rings (SSSR count). The van der Waals surface area contributed by atoms with Gasteiger partial charge in [-0.3, -0.25) is 4.79 Å². The highest BCUT2D eigenvalue weighted by Gasteiger charge is 2.23. The Morgan fingerprint density at radius 3 is 2.86 bits per heavy atom. The number of nitriles is 1. The molecule has 1 aromatic heterocycles. The number of rotatable bonds is 4. The minimum Gasteiger partial charge on any atom is -0.397 e. The van der Waals surface area contributed by atoms with Crippen LogP contribution in [0.15, 0.2) is 22.7 Å². The van der Waals surface area contributed by atoms with Gasteiger partial charge < -0.3 is 10.6 Å². The Kier molecular flexibility index (Phi) is 4.86. The van der Waals surface area contributed by atoms with Gasteiger partial charge in [-0.1, -0.05) is 22.0 Å². The quantitative estimate of drug-likeness (QED) is 0.889. The summed E-state index contributed by atoms with van der Waals surface area (Å²) in [5, 5.41) is 9.63. The molecule has 0 aliphatic carbocycles. The van der Waals surface area contributed by atoms with Gasteiger partial charge in [0.05, 0.1) is 18.2 Å². The Labute approximate surface area is 136 Å². The Morgan fingerprint density at radius 1 is 1.52 bits per heavy atom. The largest absolute Gasteiger partial charge is 0.397 e. The second-order valence-corrected chi connectivity index (χ2v) is 6.95. The summed E-state index contributed by atoms with van der Waals surface area (Å²) in [6.45, 7) is 4.30. The molecule has 21 heavy (non-hydrogen) atoms. The lowest BCUT2D eigenvalue weighted by atomic mass is 10.2. The van der Waals surface area contributed by atoms with Crippen molar-refractivity contribution >= 4 is 48.9 Å². The number of nitrogens with zero attached hydrogens (tertiary/aromatic N) is 2. The average molecular weight is 366 g/mol. The summed E-state index contributed by atoms with van der Waals surface area (Å²) in [4.78, 5) is 14.9. The van der Waals surface area contributed by atoms with E-state index in [9.17, 15) is 4.79 Å². The van der Waals surface area contributed by atoms with Crippen LogP contribution in [0.2, 0.25) is 0 Å². The topological polar surface area (TPSA) is 70.1 Å². The Hall–Kier alpha value is -1.58. The van der Waals surface area contributed by atoms with Crippen LogP contribution in [0, 0.1) is 11.3 Å². The summed E-state index contributed by atoms with van der Waals surface area (Å²) >= 11 is 4.82. The minimum absolute atomic E-state index is 0.0298. The van der Waals surface area contributed by atoms with Gasteiger partial charge in [-0.2, -0.15) is 5.26 Å². The van der Waals surface area contributed by atoms with Crippen molar-refractivity contribution in [3.8, 4) is 6.07 Å². The van der Waals surface area contributed by atoms with Gasteiger partial charge in [0.1, 0.15) is 4.88 Å². The first-order valence-electron chi connectivity index (χ1n) is 6.61. The number of benzene rings is 1. The van der Waals surface area contributed by atoms with E-state index in [0.717, 1.165) is 14.6 Å². The van der Waals surface area contributed by atoms with E-state index >= 15 is 0 Å². The molecule has 0 bridgehead atoms. The van der Waals surface area contributed by atoms with E-state index in [-0.39, 0.29) is 11.9 Å². The molecule has 0 atom stereocenters. The van der Waals surface area contributed by atoms with E-state index in [0.29, 0.717) is 23.5 Å². The van der Waals surface area contributed by atoms with Crippen molar-refractivity contribution in [3.05, 3.63) is 27.5 Å². The molecule has 6 heteroatoms. The lowest BCUT2D eigenvalue weighted by Gasteiger charge is -2.25. The molecule has 0 aliphatic rings. The van der Waals surface area contributed by atoms with Crippen molar-refractivity contribution in [2.45, 2.75) is 26.3 Å². The van der Waals surface area contributed by atoms with Crippen molar-refractivity contribution < 1.29 is 4.79 Å². The van der Waals surface area contributed by atoms with Gasteiger partial charge in [-0.25, -0.2) is 0 Å². The third-order valence-corrected chi connectivity index (χ3v) is 4.88. The molecule has 0 unspecified atom stereocenters. The zero-order valence-corrected chi connectivity index (χ0v) is 14.3. The van der Waals surface area contributed by atoms with Crippen LogP contribution in [-0.4, -0.2) is 23.4 Å². The number of amides is 1. The molecular weight excluding hydrogens is 350 g/mol. The first kappa shape index (κ1) is 15.8. The van der Waals surface area contributed by atoms with Crippen molar-refractivity contribution in [2.75, 3.05) is 12.3 Å². The predicted molar refractivity (Wildman–Crippen MR) is 90.3 cm³/mol. The first-order valence-corrected chi connectivity index (χ1v) is 8.22. The maximum absolute atomic E-state index is 12.7. The smallest absolute Gasteiger partial charge is 0.266 e. The lowest BCUT2D eigenvalue weighted by Crippen LogP contribution is -2.37. The maximum Gasteiger partial charge on any atom is 0.266 e. The molecule has 1 aromatic carbocycles. The van der Waals surface area contributed by atoms with Gasteiger partial charge in [-0.05, 0) is 26.0 Å². The van der Waals surface area contributed by atoms with Crippen LogP contribution in [0.1, 0.15) is 29.9 Å². The fourth-order valence-corrected chi connectivity index (χ4v) is 3.78. The lowest BCUT2D eigenvalue weighted by molar-refractivity contribution is 0.0716. The number of thiophene rings is 1. The van der Waals surface area contributed by atoms with Crippen LogP contribution in [0.5, 0.6) is 0 Å². The molecule has 110 valence electrons. The maximum atomic E-state index is 12.7. The average Bonchev–Trinajstić information content (AvgIpc) is 2.75. The van der Waals surface area contributed by atoms with Gasteiger partial charge in [0.2, 0.25) is 0 Å². The van der Waals surface area contributed by atoms with Gasteiger partial charge in [0, 0.05) is 27.1 Å². The molecule has 0 saturated carbocycles. The zero-order chi connectivity index (χ0) is 15.6. The van der Waals surface area contributed by atoms with Gasteiger partial charge in [0.25, 0.3) is 5.91 Å². The summed E-state index contributed by atoms with van der Waals surface area (Å²) in [6, 6.07) is 7.90. The first-order chi connectivity index (χ1) is 9.95. The standard InChI is InChI=1S/C15H16BrN3OS/c1-9(2)19(7-3-6-17)15(20)14-13(18)11-5-4-10(16)8-12(11)21-14/h4-5,8-9H,3,7,18H2,1-2H3. The van der Waals surface area contributed by atoms with Crippen molar-refractivity contribution in [2.24, 2.45) is 0 Å². The van der Waals surface area contributed by atoms with Crippen LogP contribution < -0.4 is 5.73 Å². The highest BCUT2D eigenvalue weighted by molar-refractivity contribution is 9.10. The number of anilines is 1. The fourth-order valence-electron chi connectivity index (χ4n) is 2.14. The van der Waals surface area contributed by atoms with Crippen molar-refractivity contribution in [1.29, 1.82) is 5.26 Å². The van der Waals surface area contributed by atoms with Crippen molar-refractivity contribution in [3.63, 3.8) is 0 Å². The van der Waals surface area contributed by atoms with E-state index in [1.165, 1.54) is 11.3 Å². The van der Waals surface area contributed by atoms with E-state index in [1.54, 1.807) is 4.90 Å². The number of carbonyl (C=O) groups is 1. The van der Waals surface area contributed by atoms with Gasteiger partial charge in [-0.15, -0.1) is 11.3 Å². The summed E-state index contributed by atoms with van der Waals surface area (Å²) in [5.74, 6) is -0.102. The number of nitrogens with two attached hydrogens (primary N) is 1. The normalized spacial score (nSPS) is 10.8. The molecule has 0 saturated heterocycles. The highest BCUT2D eigenvalue weighted by Crippen LogP contribution is 2.36. The number of halogens is 1. The van der Waals surface area contributed by atoms with Gasteiger partial charge in [0.15, 0.2) is 0 Å². The number of nitrogen functional groups attached to an aromatic ring is 1. The minimum atomic E-state index is -0.102. The predicted octanol–water partition coefficient (Wildman–Crippen LogP) is 4.01. The van der Waals surface area contributed by atoms with Crippen LogP contribution in [0.25, 0.3) is 10.1 Å². The van der Waals surface area contributed by atoms with E-state index in [1.807, 2.05) is 32.0 Å². The number of hydrogen-bond acceptors (Lipinski definition) is 4. The second-order valence-electron chi connectivity index (χ2n) is 4.99. The Morgan fingerprint density at radius 2 is 2.24 bits per heavy atom. The highest BCUT2D eigenvalue weighted by atomic mass is 79.9. The molecule has 0 spiro atoms. The monoisotopic (exact) mass is 365 g/mol. The molecule has 1 heterocycles. The van der Waals surface area contributed by atoms with E-state index in [4.69, 9.17) is 11.0 Å². The fraction of sp³-hybridized carbons (Fsp3) is 0.333. The molecule has 0 fully saturated rings. The number of hydrogen-bond donors (Lipinski definition) is 1. The van der Waals surface area contributed by atoms with E-state index in [2.05, 4.69) is 22.0 Å². The summed E-state index contributed by atoms with van der Waals surface area (Å²) in [7, 11) is 0. The third kappa shape index (κ3) is 3.20. The molecule has 2 aromatic rings. The zero-order valence-electron chi connectivity index (χ0n) is 11.9. The molecule has 4 nitrogen and oxygen atoms in total. The van der Waals surface area contributed by atoms with Crippen LogP contribution in [0.3, 0.4) is 0 Å². The molecular formula is C15H16BrN3OS. The van der Waals surface area contributed by atoms with Crippen molar-refractivity contribution in [1.82, 2.24) is 4.90 Å². The summed E-state index contributed by atoms with van der Waals surface area (Å²) in [5.41, 5.74) is 6.66. The van der Waals surface area contributed by atoms with Crippen LogP contribution in [-0.2, 0) is 0 Å². The van der Waals surface area contributed by atoms with Gasteiger partial charge >= 0.3 is 0 Å². The summed E-state index contributed by atoms with van der Waals surface area (Å²) < 4.78 is 1.94. The number of carbonyl (C=O) groups excluding carboxylic acids is 1. The Balaban J connectivity index is 2.42. The van der Waals surface area contributed by atoms with E-state index < -0.39 is 0 Å². The molecule has 0 aliphatic heterocycles. The molecule has 0 radical (unpaired) electrons. The Bertz CT molecular complexity index is 718. The third-order valence-electron chi connectivity index (χ3n) is 3.23. The molecule has 1 amide bonds. The second kappa shape index (κ2) is 6.46. The molecule has 2 N–H and O–H groups in total. The summed E-state index contributed by atoms with van der Waals surface area (Å²) in [6.07, 6.45) is 0.320. The number of fused-ring (bicyclic) bond motifs is 1. The van der Waals surface area contributed by atoms with Crippen LogP contribution in [0.4, 0.5) is 5.69 Å². The van der Waals surface area contributed by atoms with Crippen LogP contribution >= 0.6 is 27.3 Å². The SMILES string of the molecule is CC(C)N(CCC#N)C(=O)c1sc2cc(Br)ccc2c1N.